The van der Waals surface area contributed by atoms with E-state index in [-0.39, 0.29) is 24.2 Å². The van der Waals surface area contributed by atoms with Gasteiger partial charge in [-0.3, -0.25) is 4.79 Å². The number of anilines is 1. The first-order valence-corrected chi connectivity index (χ1v) is 7.97. The van der Waals surface area contributed by atoms with Crippen molar-refractivity contribution < 1.29 is 13.9 Å². The first-order valence-electron chi connectivity index (χ1n) is 7.97. The summed E-state index contributed by atoms with van der Waals surface area (Å²) in [6.45, 7) is 0. The van der Waals surface area contributed by atoms with Crippen molar-refractivity contribution in [1.29, 1.82) is 0 Å². The minimum Gasteiger partial charge on any atom is -0.497 e. The Kier molecular flexibility index (Phi) is 5.14. The van der Waals surface area contributed by atoms with E-state index in [1.54, 1.807) is 19.2 Å². The Hall–Kier alpha value is -3.08. The SMILES string of the molecule is COc1cccc([C@H](CC(=O)Nc2ccc(F)cc2)n2cccc2)c1. The van der Waals surface area contributed by atoms with Crippen molar-refractivity contribution in [3.63, 3.8) is 0 Å². The van der Waals surface area contributed by atoms with Gasteiger partial charge in [-0.1, -0.05) is 12.1 Å². The highest BCUT2D eigenvalue weighted by Gasteiger charge is 2.18. The standard InChI is InChI=1S/C20H19FN2O2/c1-25-18-6-4-5-15(13-18)19(23-11-2-3-12-23)14-20(24)22-17-9-7-16(21)8-10-17/h2-13,19H,14H2,1H3,(H,22,24)/t19-/m0/s1. The molecule has 0 radical (unpaired) electrons. The van der Waals surface area contributed by atoms with Gasteiger partial charge < -0.3 is 14.6 Å². The van der Waals surface area contributed by atoms with E-state index >= 15 is 0 Å². The van der Waals surface area contributed by atoms with Crippen molar-refractivity contribution in [2.45, 2.75) is 12.5 Å². The van der Waals surface area contributed by atoms with Crippen LogP contribution in [-0.2, 0) is 4.79 Å². The molecule has 1 atom stereocenters. The lowest BCUT2D eigenvalue weighted by atomic mass is 10.0. The van der Waals surface area contributed by atoms with Crippen molar-refractivity contribution in [3.8, 4) is 5.75 Å². The molecular formula is C20H19FN2O2. The number of carbonyl (C=O) groups excluding carboxylic acids is 1. The van der Waals surface area contributed by atoms with Gasteiger partial charge in [0.15, 0.2) is 0 Å². The third kappa shape index (κ3) is 4.26. The van der Waals surface area contributed by atoms with Crippen molar-refractivity contribution in [3.05, 3.63) is 84.4 Å². The topological polar surface area (TPSA) is 43.3 Å². The summed E-state index contributed by atoms with van der Waals surface area (Å²) in [6, 6.07) is 17.1. The molecule has 25 heavy (non-hydrogen) atoms. The van der Waals surface area contributed by atoms with Crippen LogP contribution in [-0.4, -0.2) is 17.6 Å². The maximum absolute atomic E-state index is 13.0. The van der Waals surface area contributed by atoms with Crippen molar-refractivity contribution in [2.75, 3.05) is 12.4 Å². The molecule has 0 aliphatic heterocycles. The molecule has 3 rings (SSSR count). The average molecular weight is 338 g/mol. The largest absolute Gasteiger partial charge is 0.497 e. The maximum atomic E-state index is 13.0. The van der Waals surface area contributed by atoms with Gasteiger partial charge in [-0.05, 0) is 54.1 Å². The lowest BCUT2D eigenvalue weighted by Crippen LogP contribution is -2.19. The molecule has 1 amide bonds. The quantitative estimate of drug-likeness (QED) is 0.730. The predicted molar refractivity (Wildman–Crippen MR) is 95.2 cm³/mol. The summed E-state index contributed by atoms with van der Waals surface area (Å²) < 4.78 is 20.3. The fraction of sp³-hybridized carbons (Fsp3) is 0.150. The third-order valence-electron chi connectivity index (χ3n) is 3.97. The summed E-state index contributed by atoms with van der Waals surface area (Å²) in [5.41, 5.74) is 1.55. The van der Waals surface area contributed by atoms with Gasteiger partial charge in [-0.25, -0.2) is 4.39 Å². The van der Waals surface area contributed by atoms with Gasteiger partial charge in [-0.15, -0.1) is 0 Å². The zero-order chi connectivity index (χ0) is 17.6. The molecule has 0 spiro atoms. The van der Waals surface area contributed by atoms with E-state index in [4.69, 9.17) is 4.74 Å². The molecule has 0 saturated heterocycles. The van der Waals surface area contributed by atoms with Gasteiger partial charge in [0.25, 0.3) is 0 Å². The van der Waals surface area contributed by atoms with Gasteiger partial charge in [0.05, 0.1) is 19.6 Å². The first-order chi connectivity index (χ1) is 12.2. The van der Waals surface area contributed by atoms with E-state index in [0.29, 0.717) is 5.69 Å². The lowest BCUT2D eigenvalue weighted by Gasteiger charge is -2.20. The Morgan fingerprint density at radius 1 is 1.12 bits per heavy atom. The molecule has 5 heteroatoms. The Morgan fingerprint density at radius 3 is 2.52 bits per heavy atom. The lowest BCUT2D eigenvalue weighted by molar-refractivity contribution is -0.116. The number of aromatic nitrogens is 1. The number of amides is 1. The molecule has 1 aromatic heterocycles. The van der Waals surface area contributed by atoms with Gasteiger partial charge in [0.2, 0.25) is 5.91 Å². The van der Waals surface area contributed by atoms with Crippen LogP contribution in [0.5, 0.6) is 5.75 Å². The summed E-state index contributed by atoms with van der Waals surface area (Å²) in [6.07, 6.45) is 4.10. The minimum absolute atomic E-state index is 0.145. The Balaban J connectivity index is 1.80. The van der Waals surface area contributed by atoms with Gasteiger partial charge in [0, 0.05) is 18.1 Å². The van der Waals surface area contributed by atoms with Crippen LogP contribution >= 0.6 is 0 Å². The second-order valence-electron chi connectivity index (χ2n) is 5.68. The minimum atomic E-state index is -0.334. The molecule has 1 heterocycles. The van der Waals surface area contributed by atoms with Crippen LogP contribution in [0.2, 0.25) is 0 Å². The number of benzene rings is 2. The zero-order valence-electron chi connectivity index (χ0n) is 13.9. The number of halogens is 1. The molecule has 0 aliphatic rings. The number of carbonyl (C=O) groups is 1. The number of methoxy groups -OCH3 is 1. The van der Waals surface area contributed by atoms with Gasteiger partial charge in [-0.2, -0.15) is 0 Å². The van der Waals surface area contributed by atoms with E-state index in [1.807, 2.05) is 53.4 Å². The first kappa shape index (κ1) is 16.8. The fourth-order valence-corrected chi connectivity index (χ4v) is 2.72. The summed E-state index contributed by atoms with van der Waals surface area (Å²) in [7, 11) is 1.62. The van der Waals surface area contributed by atoms with Crippen molar-refractivity contribution in [1.82, 2.24) is 4.57 Å². The third-order valence-corrected chi connectivity index (χ3v) is 3.97. The number of rotatable bonds is 6. The van der Waals surface area contributed by atoms with Crippen molar-refractivity contribution in [2.24, 2.45) is 0 Å². The predicted octanol–water partition coefficient (Wildman–Crippen LogP) is 4.25. The molecule has 3 aromatic rings. The summed E-state index contributed by atoms with van der Waals surface area (Å²) >= 11 is 0. The smallest absolute Gasteiger partial charge is 0.226 e. The van der Waals surface area contributed by atoms with Crippen molar-refractivity contribution >= 4 is 11.6 Å². The van der Waals surface area contributed by atoms with E-state index in [1.165, 1.54) is 12.1 Å². The normalized spacial score (nSPS) is 11.8. The molecule has 0 unspecified atom stereocenters. The zero-order valence-corrected chi connectivity index (χ0v) is 13.9. The molecular weight excluding hydrogens is 319 g/mol. The number of nitrogens with zero attached hydrogens (tertiary/aromatic N) is 1. The number of nitrogens with one attached hydrogen (secondary N) is 1. The van der Waals surface area contributed by atoms with Crippen LogP contribution in [0, 0.1) is 5.82 Å². The molecule has 4 nitrogen and oxygen atoms in total. The number of hydrogen-bond acceptors (Lipinski definition) is 2. The van der Waals surface area contributed by atoms with Crippen LogP contribution in [0.15, 0.2) is 73.1 Å². The summed E-state index contributed by atoms with van der Waals surface area (Å²) in [5.74, 6) is 0.265. The maximum Gasteiger partial charge on any atom is 0.226 e. The molecule has 0 aliphatic carbocycles. The second kappa shape index (κ2) is 7.66. The monoisotopic (exact) mass is 338 g/mol. The van der Waals surface area contributed by atoms with Crippen LogP contribution in [0.25, 0.3) is 0 Å². The second-order valence-corrected chi connectivity index (χ2v) is 5.68. The molecule has 1 N–H and O–H groups in total. The fourth-order valence-electron chi connectivity index (χ4n) is 2.72. The number of ether oxygens (including phenoxy) is 1. The average Bonchev–Trinajstić information content (AvgIpc) is 3.16. The van der Waals surface area contributed by atoms with Crippen LogP contribution in [0.3, 0.4) is 0 Å². The van der Waals surface area contributed by atoms with E-state index in [0.717, 1.165) is 11.3 Å². The highest BCUT2D eigenvalue weighted by Crippen LogP contribution is 2.26. The van der Waals surface area contributed by atoms with E-state index < -0.39 is 0 Å². The Labute approximate surface area is 145 Å². The molecule has 128 valence electrons. The van der Waals surface area contributed by atoms with Crippen LogP contribution in [0.1, 0.15) is 18.0 Å². The summed E-state index contributed by atoms with van der Waals surface area (Å²) in [4.78, 5) is 12.5. The molecule has 2 aromatic carbocycles. The Morgan fingerprint density at radius 2 is 1.84 bits per heavy atom. The Bertz CT molecular complexity index is 829. The number of hydrogen-bond donors (Lipinski definition) is 1. The van der Waals surface area contributed by atoms with Gasteiger partial charge in [0.1, 0.15) is 11.6 Å². The van der Waals surface area contributed by atoms with E-state index in [2.05, 4.69) is 5.32 Å². The molecule has 0 bridgehead atoms. The van der Waals surface area contributed by atoms with Crippen LogP contribution < -0.4 is 10.1 Å². The molecule has 0 saturated carbocycles. The highest BCUT2D eigenvalue weighted by atomic mass is 19.1. The van der Waals surface area contributed by atoms with Crippen LogP contribution in [0.4, 0.5) is 10.1 Å². The molecule has 0 fully saturated rings. The van der Waals surface area contributed by atoms with E-state index in [9.17, 15) is 9.18 Å². The van der Waals surface area contributed by atoms with Gasteiger partial charge >= 0.3 is 0 Å². The summed E-state index contributed by atoms with van der Waals surface area (Å²) in [5, 5.41) is 2.81. The highest BCUT2D eigenvalue weighted by molar-refractivity contribution is 5.91.